The monoisotopic (exact) mass is 422 g/mol. The smallest absolute Gasteiger partial charge is 0.000374 e. The molecule has 174 valence electrons. The van der Waals surface area contributed by atoms with Crippen molar-refractivity contribution in [1.29, 1.82) is 0 Å². The van der Waals surface area contributed by atoms with Crippen LogP contribution in [0.1, 0.15) is 137 Å². The van der Waals surface area contributed by atoms with Gasteiger partial charge in [-0.1, -0.05) is 108 Å². The molecule has 2 atom stereocenters. The second-order valence-corrected chi connectivity index (χ2v) is 11.1. The van der Waals surface area contributed by atoms with Crippen LogP contribution in [0.4, 0.5) is 0 Å². The third-order valence-electron chi connectivity index (χ3n) is 8.52. The van der Waals surface area contributed by atoms with E-state index in [9.17, 15) is 0 Å². The summed E-state index contributed by atoms with van der Waals surface area (Å²) in [5.74, 6) is 0.728. The number of fused-ring (bicyclic) bond motifs is 1. The van der Waals surface area contributed by atoms with Crippen molar-refractivity contribution in [1.82, 2.24) is 0 Å². The zero-order valence-corrected chi connectivity index (χ0v) is 21.5. The summed E-state index contributed by atoms with van der Waals surface area (Å²) in [5, 5.41) is 0. The van der Waals surface area contributed by atoms with Gasteiger partial charge in [0.15, 0.2) is 0 Å². The fourth-order valence-electron chi connectivity index (χ4n) is 6.57. The molecule has 0 fully saturated rings. The van der Waals surface area contributed by atoms with E-state index in [1.165, 1.54) is 103 Å². The molecule has 0 aromatic heterocycles. The molecule has 3 aliphatic rings. The summed E-state index contributed by atoms with van der Waals surface area (Å²) < 4.78 is 0. The number of hydrogen-bond acceptors (Lipinski definition) is 0. The van der Waals surface area contributed by atoms with E-state index in [0.29, 0.717) is 5.41 Å². The van der Waals surface area contributed by atoms with Gasteiger partial charge in [-0.05, 0) is 86.0 Å². The topological polar surface area (TPSA) is 0 Å². The standard InChI is InChI=1S/C31H50/c1-6-8-10-12-14-16-29-28-22-24(3)17-19-26(28)27-20-18-25(4)23-30(27)31(29,5)21-15-13-11-9-7-2/h22-23,29H,6-21H2,1-5H3. The molecular weight excluding hydrogens is 372 g/mol. The summed E-state index contributed by atoms with van der Waals surface area (Å²) in [6, 6.07) is 0. The first kappa shape index (κ1) is 24.6. The average Bonchev–Trinajstić information content (AvgIpc) is 2.75. The predicted molar refractivity (Wildman–Crippen MR) is 138 cm³/mol. The molecule has 3 aliphatic carbocycles. The molecular formula is C31H50. The lowest BCUT2D eigenvalue weighted by atomic mass is 9.56. The van der Waals surface area contributed by atoms with Crippen LogP contribution in [0.15, 0.2) is 45.6 Å². The molecule has 3 rings (SSSR count). The summed E-state index contributed by atoms with van der Waals surface area (Å²) in [5.41, 5.74) is 10.6. The first-order chi connectivity index (χ1) is 15.0. The lowest BCUT2D eigenvalue weighted by molar-refractivity contribution is 0.223. The molecule has 31 heavy (non-hydrogen) atoms. The third-order valence-corrected chi connectivity index (χ3v) is 8.52. The van der Waals surface area contributed by atoms with Gasteiger partial charge in [-0.2, -0.15) is 0 Å². The molecule has 0 spiro atoms. The van der Waals surface area contributed by atoms with Gasteiger partial charge in [-0.3, -0.25) is 0 Å². The van der Waals surface area contributed by atoms with Gasteiger partial charge in [0, 0.05) is 0 Å². The summed E-state index contributed by atoms with van der Waals surface area (Å²) >= 11 is 0. The van der Waals surface area contributed by atoms with Crippen LogP contribution in [-0.2, 0) is 0 Å². The molecule has 0 aromatic rings. The lowest BCUT2D eigenvalue weighted by Gasteiger charge is -2.48. The Morgan fingerprint density at radius 3 is 1.97 bits per heavy atom. The van der Waals surface area contributed by atoms with E-state index in [1.807, 2.05) is 0 Å². The molecule has 0 amide bonds. The van der Waals surface area contributed by atoms with Crippen LogP contribution in [0, 0.1) is 11.3 Å². The SMILES string of the molecule is CCCCCCCC1C2=C(CCC(C)=C2)C2=C(C=C(C)CC2)C1(C)CCCCCCC. The van der Waals surface area contributed by atoms with Gasteiger partial charge in [0.05, 0.1) is 0 Å². The first-order valence-electron chi connectivity index (χ1n) is 13.8. The molecule has 0 heterocycles. The molecule has 0 saturated heterocycles. The van der Waals surface area contributed by atoms with Gasteiger partial charge >= 0.3 is 0 Å². The third kappa shape index (κ3) is 5.85. The molecule has 0 N–H and O–H groups in total. The van der Waals surface area contributed by atoms with Gasteiger partial charge < -0.3 is 0 Å². The zero-order valence-electron chi connectivity index (χ0n) is 21.5. The Hall–Kier alpha value is -1.04. The van der Waals surface area contributed by atoms with Gasteiger partial charge in [0.1, 0.15) is 0 Å². The Morgan fingerprint density at radius 1 is 0.710 bits per heavy atom. The summed E-state index contributed by atoms with van der Waals surface area (Å²) in [6.07, 6.45) is 27.2. The number of hydrogen-bond donors (Lipinski definition) is 0. The van der Waals surface area contributed by atoms with Crippen molar-refractivity contribution in [3.8, 4) is 0 Å². The van der Waals surface area contributed by atoms with Crippen molar-refractivity contribution in [3.63, 3.8) is 0 Å². The Kier molecular flexibility index (Phi) is 9.30. The molecule has 0 radical (unpaired) electrons. The van der Waals surface area contributed by atoms with E-state index in [2.05, 4.69) is 46.8 Å². The minimum absolute atomic E-state index is 0.334. The van der Waals surface area contributed by atoms with Crippen molar-refractivity contribution in [2.24, 2.45) is 11.3 Å². The molecule has 0 aromatic carbocycles. The highest BCUT2D eigenvalue weighted by Crippen LogP contribution is 2.57. The van der Waals surface area contributed by atoms with Crippen molar-refractivity contribution >= 4 is 0 Å². The Bertz CT molecular complexity index is 725. The highest BCUT2D eigenvalue weighted by Gasteiger charge is 2.44. The molecule has 0 bridgehead atoms. The number of allylic oxidation sites excluding steroid dienone is 8. The maximum absolute atomic E-state index is 2.66. The molecule has 0 nitrogen and oxygen atoms in total. The van der Waals surface area contributed by atoms with Crippen LogP contribution in [0.5, 0.6) is 0 Å². The van der Waals surface area contributed by atoms with E-state index >= 15 is 0 Å². The van der Waals surface area contributed by atoms with Crippen LogP contribution in [0.3, 0.4) is 0 Å². The molecule has 2 unspecified atom stereocenters. The Morgan fingerprint density at radius 2 is 1.29 bits per heavy atom. The van der Waals surface area contributed by atoms with Crippen molar-refractivity contribution in [3.05, 3.63) is 45.6 Å². The Labute approximate surface area is 194 Å². The Balaban J connectivity index is 1.90. The highest BCUT2D eigenvalue weighted by molar-refractivity contribution is 5.57. The minimum atomic E-state index is 0.334. The number of rotatable bonds is 12. The predicted octanol–water partition coefficient (Wildman–Crippen LogP) is 10.4. The minimum Gasteiger partial charge on any atom is -0.0727 e. The maximum Gasteiger partial charge on any atom is -0.000374 e. The van der Waals surface area contributed by atoms with Gasteiger partial charge in [0.25, 0.3) is 0 Å². The second kappa shape index (κ2) is 11.7. The summed E-state index contributed by atoms with van der Waals surface area (Å²) in [7, 11) is 0. The maximum atomic E-state index is 2.66. The van der Waals surface area contributed by atoms with Crippen molar-refractivity contribution < 1.29 is 0 Å². The molecule has 0 saturated carbocycles. The van der Waals surface area contributed by atoms with Crippen LogP contribution in [-0.4, -0.2) is 0 Å². The number of unbranched alkanes of at least 4 members (excludes halogenated alkanes) is 8. The molecule has 0 heteroatoms. The van der Waals surface area contributed by atoms with E-state index in [0.717, 1.165) is 5.92 Å². The fraction of sp³-hybridized carbons (Fsp3) is 0.742. The van der Waals surface area contributed by atoms with Gasteiger partial charge in [0.2, 0.25) is 0 Å². The largest absolute Gasteiger partial charge is 0.0727 e. The van der Waals surface area contributed by atoms with E-state index in [4.69, 9.17) is 0 Å². The lowest BCUT2D eigenvalue weighted by Crippen LogP contribution is -2.37. The molecule has 0 aliphatic heterocycles. The van der Waals surface area contributed by atoms with Crippen LogP contribution < -0.4 is 0 Å². The van der Waals surface area contributed by atoms with E-state index in [1.54, 1.807) is 33.4 Å². The van der Waals surface area contributed by atoms with Crippen molar-refractivity contribution in [2.45, 2.75) is 137 Å². The van der Waals surface area contributed by atoms with E-state index < -0.39 is 0 Å². The summed E-state index contributed by atoms with van der Waals surface area (Å²) in [4.78, 5) is 0. The van der Waals surface area contributed by atoms with E-state index in [-0.39, 0.29) is 0 Å². The second-order valence-electron chi connectivity index (χ2n) is 11.1. The quantitative estimate of drug-likeness (QED) is 0.274. The normalized spacial score (nSPS) is 25.9. The van der Waals surface area contributed by atoms with Crippen LogP contribution in [0.25, 0.3) is 0 Å². The van der Waals surface area contributed by atoms with Gasteiger partial charge in [-0.25, -0.2) is 0 Å². The fourth-order valence-corrected chi connectivity index (χ4v) is 6.57. The zero-order chi connectivity index (χ0) is 22.3. The highest BCUT2D eigenvalue weighted by atomic mass is 14.5. The van der Waals surface area contributed by atoms with Crippen LogP contribution in [0.2, 0.25) is 0 Å². The average molecular weight is 423 g/mol. The van der Waals surface area contributed by atoms with Gasteiger partial charge in [-0.15, -0.1) is 0 Å². The first-order valence-corrected chi connectivity index (χ1v) is 13.8. The van der Waals surface area contributed by atoms with Crippen LogP contribution >= 0.6 is 0 Å². The van der Waals surface area contributed by atoms with Crippen molar-refractivity contribution in [2.75, 3.05) is 0 Å². The summed E-state index contributed by atoms with van der Waals surface area (Å²) in [6.45, 7) is 12.1.